The normalized spacial score (nSPS) is 11.4. The van der Waals surface area contributed by atoms with Gasteiger partial charge in [-0.25, -0.2) is 26.5 Å². The average Bonchev–Trinajstić information content (AvgIpc) is 2.82. The molecule has 3 nitrogen and oxygen atoms in total. The highest BCUT2D eigenvalue weighted by Crippen LogP contribution is 2.25. The van der Waals surface area contributed by atoms with Crippen LogP contribution in [-0.4, -0.2) is 4.40 Å². The third-order valence-corrected chi connectivity index (χ3v) is 4.32. The third-order valence-electron chi connectivity index (χ3n) is 4.32. The van der Waals surface area contributed by atoms with E-state index in [1.165, 1.54) is 0 Å². The Hall–Kier alpha value is -2.64. The highest BCUT2D eigenvalue weighted by molar-refractivity contribution is 5.42. The van der Waals surface area contributed by atoms with Gasteiger partial charge in [-0.3, -0.25) is 0 Å². The SMILES string of the molecule is Cc1c(C)[n+](C)c2cc(OCc3c(F)c(F)c(F)c(F)c3F)ccn12. The van der Waals surface area contributed by atoms with Gasteiger partial charge in [-0.1, -0.05) is 0 Å². The summed E-state index contributed by atoms with van der Waals surface area (Å²) in [7, 11) is 1.84. The topological polar surface area (TPSA) is 17.5 Å². The van der Waals surface area contributed by atoms with Crippen LogP contribution >= 0.6 is 0 Å². The summed E-state index contributed by atoms with van der Waals surface area (Å²) >= 11 is 0. The molecule has 0 unspecified atom stereocenters. The zero-order valence-corrected chi connectivity index (χ0v) is 13.6. The lowest BCUT2D eigenvalue weighted by Crippen LogP contribution is -2.29. The summed E-state index contributed by atoms with van der Waals surface area (Å²) in [5.74, 6) is -9.71. The minimum absolute atomic E-state index is 0.240. The van der Waals surface area contributed by atoms with Crippen LogP contribution in [0.2, 0.25) is 0 Å². The molecule has 0 aliphatic heterocycles. The molecule has 25 heavy (non-hydrogen) atoms. The minimum Gasteiger partial charge on any atom is -0.488 e. The quantitative estimate of drug-likeness (QED) is 0.303. The van der Waals surface area contributed by atoms with Crippen LogP contribution < -0.4 is 9.30 Å². The predicted molar refractivity (Wildman–Crippen MR) is 78.6 cm³/mol. The molecule has 1 aromatic carbocycles. The number of rotatable bonds is 3. The molecule has 0 fully saturated rings. The monoisotopic (exact) mass is 357 g/mol. The van der Waals surface area contributed by atoms with E-state index in [4.69, 9.17) is 4.74 Å². The van der Waals surface area contributed by atoms with Gasteiger partial charge in [0.1, 0.15) is 29.9 Å². The summed E-state index contributed by atoms with van der Waals surface area (Å²) < 4.78 is 75.8. The Bertz CT molecular complexity index is 968. The molecule has 0 N–H and O–H groups in total. The molecule has 2 heterocycles. The van der Waals surface area contributed by atoms with Crippen LogP contribution in [0.3, 0.4) is 0 Å². The smallest absolute Gasteiger partial charge is 0.290 e. The fourth-order valence-electron chi connectivity index (χ4n) is 2.62. The van der Waals surface area contributed by atoms with Gasteiger partial charge >= 0.3 is 0 Å². The first kappa shape index (κ1) is 17.2. The molecule has 2 aromatic heterocycles. The fraction of sp³-hybridized carbons (Fsp3) is 0.235. The zero-order chi connectivity index (χ0) is 18.5. The molecular formula is C17H14F5N2O+. The summed E-state index contributed by atoms with van der Waals surface area (Å²) in [6, 6.07) is 3.16. The van der Waals surface area contributed by atoms with Crippen molar-refractivity contribution in [3.8, 4) is 5.75 Å². The Balaban J connectivity index is 1.95. The fourth-order valence-corrected chi connectivity index (χ4v) is 2.62. The van der Waals surface area contributed by atoms with E-state index in [0.717, 1.165) is 17.0 Å². The van der Waals surface area contributed by atoms with Crippen molar-refractivity contribution in [1.82, 2.24) is 4.40 Å². The van der Waals surface area contributed by atoms with Gasteiger partial charge in [0.25, 0.3) is 5.65 Å². The van der Waals surface area contributed by atoms with E-state index in [2.05, 4.69) is 0 Å². The zero-order valence-electron chi connectivity index (χ0n) is 13.6. The van der Waals surface area contributed by atoms with E-state index in [1.54, 1.807) is 18.3 Å². The van der Waals surface area contributed by atoms with Crippen LogP contribution in [0, 0.1) is 42.9 Å². The van der Waals surface area contributed by atoms with Gasteiger partial charge in [0.15, 0.2) is 23.3 Å². The number of imidazole rings is 1. The molecular weight excluding hydrogens is 343 g/mol. The van der Waals surface area contributed by atoms with E-state index in [1.807, 2.05) is 29.9 Å². The van der Waals surface area contributed by atoms with E-state index < -0.39 is 41.3 Å². The number of halogens is 5. The molecule has 0 aliphatic rings. The van der Waals surface area contributed by atoms with Crippen LogP contribution in [0.1, 0.15) is 17.0 Å². The number of nitrogens with zero attached hydrogens (tertiary/aromatic N) is 2. The number of hydrogen-bond donors (Lipinski definition) is 0. The molecule has 8 heteroatoms. The number of ether oxygens (including phenoxy) is 1. The number of aryl methyl sites for hydroxylation is 2. The second-order valence-corrected chi connectivity index (χ2v) is 5.66. The Morgan fingerprint density at radius 1 is 0.960 bits per heavy atom. The van der Waals surface area contributed by atoms with Gasteiger partial charge in [-0.2, -0.15) is 4.40 Å². The Morgan fingerprint density at radius 2 is 1.52 bits per heavy atom. The van der Waals surface area contributed by atoms with Gasteiger partial charge in [-0.05, 0) is 0 Å². The Morgan fingerprint density at radius 3 is 2.12 bits per heavy atom. The van der Waals surface area contributed by atoms with Crippen LogP contribution in [0.5, 0.6) is 5.75 Å². The van der Waals surface area contributed by atoms with Crippen LogP contribution in [0.4, 0.5) is 22.0 Å². The molecule has 0 radical (unpaired) electrons. The first-order valence-corrected chi connectivity index (χ1v) is 7.34. The summed E-state index contributed by atoms with van der Waals surface area (Å²) in [4.78, 5) is 0. The predicted octanol–water partition coefficient (Wildman–Crippen LogP) is 3.66. The maximum Gasteiger partial charge on any atom is 0.290 e. The number of aromatic nitrogens is 2. The lowest BCUT2D eigenvalue weighted by Gasteiger charge is -2.09. The number of fused-ring (bicyclic) bond motifs is 1. The standard InChI is InChI=1S/C17H14F5N2O/c1-8-9(2)24-5-4-10(6-12(24)23(8)3)25-7-11-13(18)15(20)17(22)16(21)14(11)19/h4-6H,7H2,1-3H3/q+1. The van der Waals surface area contributed by atoms with Gasteiger partial charge < -0.3 is 4.74 Å². The molecule has 0 bridgehead atoms. The molecule has 3 aromatic rings. The highest BCUT2D eigenvalue weighted by atomic mass is 19.2. The van der Waals surface area contributed by atoms with Gasteiger partial charge in [-0.15, -0.1) is 0 Å². The van der Waals surface area contributed by atoms with Crippen molar-refractivity contribution in [2.24, 2.45) is 7.05 Å². The van der Waals surface area contributed by atoms with Crippen molar-refractivity contribution < 1.29 is 31.3 Å². The number of benzene rings is 1. The Labute approximate surface area is 139 Å². The van der Waals surface area contributed by atoms with Gasteiger partial charge in [0, 0.05) is 19.9 Å². The van der Waals surface area contributed by atoms with Crippen molar-refractivity contribution in [1.29, 1.82) is 0 Å². The second kappa shape index (κ2) is 6.02. The lowest BCUT2D eigenvalue weighted by atomic mass is 10.2. The summed E-state index contributed by atoms with van der Waals surface area (Å²) in [5.41, 5.74) is 1.76. The highest BCUT2D eigenvalue weighted by Gasteiger charge is 2.26. The van der Waals surface area contributed by atoms with E-state index in [9.17, 15) is 22.0 Å². The molecule has 0 saturated heterocycles. The largest absolute Gasteiger partial charge is 0.488 e. The van der Waals surface area contributed by atoms with Crippen molar-refractivity contribution in [2.75, 3.05) is 0 Å². The number of hydrogen-bond acceptors (Lipinski definition) is 1. The summed E-state index contributed by atoms with van der Waals surface area (Å²) in [6.07, 6.45) is 1.70. The first-order chi connectivity index (χ1) is 11.7. The van der Waals surface area contributed by atoms with Crippen molar-refractivity contribution >= 4 is 5.65 Å². The van der Waals surface area contributed by atoms with E-state index in [-0.39, 0.29) is 5.75 Å². The summed E-state index contributed by atoms with van der Waals surface area (Å²) in [6.45, 7) is 3.07. The molecule has 0 saturated carbocycles. The van der Waals surface area contributed by atoms with Crippen LogP contribution in [-0.2, 0) is 13.7 Å². The summed E-state index contributed by atoms with van der Waals surface area (Å²) in [5, 5.41) is 0. The lowest BCUT2D eigenvalue weighted by molar-refractivity contribution is -0.650. The minimum atomic E-state index is -2.19. The first-order valence-electron chi connectivity index (χ1n) is 7.34. The average molecular weight is 357 g/mol. The number of pyridine rings is 1. The van der Waals surface area contributed by atoms with Gasteiger partial charge in [0.2, 0.25) is 5.82 Å². The second-order valence-electron chi connectivity index (χ2n) is 5.66. The maximum absolute atomic E-state index is 13.7. The van der Waals surface area contributed by atoms with Crippen molar-refractivity contribution in [2.45, 2.75) is 20.5 Å². The molecule has 3 rings (SSSR count). The van der Waals surface area contributed by atoms with Crippen LogP contribution in [0.25, 0.3) is 5.65 Å². The molecule has 132 valence electrons. The maximum atomic E-state index is 13.7. The Kier molecular flexibility index (Phi) is 4.14. The molecule has 0 atom stereocenters. The van der Waals surface area contributed by atoms with Gasteiger partial charge in [0.05, 0.1) is 18.7 Å². The molecule has 0 amide bonds. The third kappa shape index (κ3) is 2.61. The van der Waals surface area contributed by atoms with Crippen LogP contribution in [0.15, 0.2) is 18.3 Å². The van der Waals surface area contributed by atoms with Crippen molar-refractivity contribution in [3.05, 3.63) is 64.4 Å². The molecule has 0 spiro atoms. The van der Waals surface area contributed by atoms with E-state index >= 15 is 0 Å². The van der Waals surface area contributed by atoms with Crippen molar-refractivity contribution in [3.63, 3.8) is 0 Å². The molecule has 0 aliphatic carbocycles. The van der Waals surface area contributed by atoms with E-state index in [0.29, 0.717) is 0 Å².